The molecule has 2 aromatic heterocycles. The maximum Gasteiger partial charge on any atom is 0.274 e. The lowest BCUT2D eigenvalue weighted by atomic mass is 10.2. The van der Waals surface area contributed by atoms with Gasteiger partial charge in [0.15, 0.2) is 4.96 Å². The number of hydrogen-bond donors (Lipinski definition) is 0. The van der Waals surface area contributed by atoms with Crippen molar-refractivity contribution in [2.24, 2.45) is 0 Å². The molecular weight excluding hydrogens is 339 g/mol. The third kappa shape index (κ3) is 2.03. The van der Waals surface area contributed by atoms with Crippen LogP contribution in [0.4, 0.5) is 0 Å². The van der Waals surface area contributed by atoms with Crippen LogP contribution in [0, 0.1) is 0 Å². The zero-order chi connectivity index (χ0) is 15.3. The van der Waals surface area contributed by atoms with Gasteiger partial charge in [0.1, 0.15) is 0 Å². The van der Waals surface area contributed by atoms with Crippen LogP contribution >= 0.6 is 34.5 Å². The quantitative estimate of drug-likeness (QED) is 0.525. The molecule has 0 amide bonds. The molecule has 4 rings (SSSR count). The molecule has 2 aromatic carbocycles. The standard InChI is InChI=1S/C16H8Cl2N2OS/c17-10-5-3-4-9(14(10)18)8-13-15(21)20-12-7-2-1-6-11(12)19-16(20)22-13/h1-8H/b13-8-. The lowest BCUT2D eigenvalue weighted by Gasteiger charge is -1.98. The minimum atomic E-state index is -0.0928. The highest BCUT2D eigenvalue weighted by molar-refractivity contribution is 7.15. The fourth-order valence-electron chi connectivity index (χ4n) is 2.39. The minimum absolute atomic E-state index is 0.0928. The van der Waals surface area contributed by atoms with E-state index in [-0.39, 0.29) is 5.56 Å². The van der Waals surface area contributed by atoms with Crippen molar-refractivity contribution in [3.05, 3.63) is 73.0 Å². The molecule has 0 aliphatic heterocycles. The first-order chi connectivity index (χ1) is 10.6. The summed E-state index contributed by atoms with van der Waals surface area (Å²) in [4.78, 5) is 17.8. The van der Waals surface area contributed by atoms with E-state index in [1.54, 1.807) is 22.6 Å². The monoisotopic (exact) mass is 346 g/mol. The van der Waals surface area contributed by atoms with Gasteiger partial charge < -0.3 is 0 Å². The van der Waals surface area contributed by atoms with E-state index in [9.17, 15) is 4.79 Å². The summed E-state index contributed by atoms with van der Waals surface area (Å²) in [6.07, 6.45) is 1.75. The summed E-state index contributed by atoms with van der Waals surface area (Å²) in [7, 11) is 0. The van der Waals surface area contributed by atoms with Crippen molar-refractivity contribution in [1.82, 2.24) is 9.38 Å². The van der Waals surface area contributed by atoms with E-state index in [1.165, 1.54) is 11.3 Å². The van der Waals surface area contributed by atoms with Crippen LogP contribution in [0.25, 0.3) is 22.1 Å². The van der Waals surface area contributed by atoms with E-state index in [0.29, 0.717) is 19.5 Å². The number of fused-ring (bicyclic) bond motifs is 3. The molecule has 0 bridgehead atoms. The van der Waals surface area contributed by atoms with Gasteiger partial charge in [-0.3, -0.25) is 4.79 Å². The molecule has 0 atom stereocenters. The molecule has 4 aromatic rings. The molecule has 0 N–H and O–H groups in total. The van der Waals surface area contributed by atoms with Crippen molar-refractivity contribution in [3.8, 4) is 0 Å². The van der Waals surface area contributed by atoms with Crippen LogP contribution in [0.1, 0.15) is 5.56 Å². The molecule has 0 unspecified atom stereocenters. The lowest BCUT2D eigenvalue weighted by Crippen LogP contribution is -2.22. The number of aromatic nitrogens is 2. The Labute approximate surface area is 139 Å². The molecule has 2 heterocycles. The van der Waals surface area contributed by atoms with Crippen molar-refractivity contribution in [2.75, 3.05) is 0 Å². The fourth-order valence-corrected chi connectivity index (χ4v) is 3.73. The van der Waals surface area contributed by atoms with Crippen molar-refractivity contribution in [2.45, 2.75) is 0 Å². The predicted octanol–water partition coefficient (Wildman–Crippen LogP) is 3.76. The van der Waals surface area contributed by atoms with E-state index in [4.69, 9.17) is 23.2 Å². The number of para-hydroxylation sites is 2. The second kappa shape index (κ2) is 5.09. The zero-order valence-electron chi connectivity index (χ0n) is 11.1. The zero-order valence-corrected chi connectivity index (χ0v) is 13.4. The molecule has 3 nitrogen and oxygen atoms in total. The SMILES string of the molecule is O=c1/c(=C/c2cccc(Cl)c2Cl)sc2nc3ccccc3n12. The largest absolute Gasteiger partial charge is 0.274 e. The van der Waals surface area contributed by atoms with Crippen molar-refractivity contribution in [1.29, 1.82) is 0 Å². The molecule has 6 heteroatoms. The van der Waals surface area contributed by atoms with Gasteiger partial charge in [-0.05, 0) is 29.8 Å². The van der Waals surface area contributed by atoms with Gasteiger partial charge in [-0.25, -0.2) is 9.38 Å². The Morgan fingerprint density at radius 3 is 2.77 bits per heavy atom. The lowest BCUT2D eigenvalue weighted by molar-refractivity contribution is 1.19. The van der Waals surface area contributed by atoms with Gasteiger partial charge in [0.25, 0.3) is 5.56 Å². The molecule has 108 valence electrons. The first kappa shape index (κ1) is 13.8. The van der Waals surface area contributed by atoms with Gasteiger partial charge in [-0.2, -0.15) is 0 Å². The number of halogens is 2. The second-order valence-corrected chi connectivity index (χ2v) is 6.57. The summed E-state index contributed by atoms with van der Waals surface area (Å²) >= 11 is 13.5. The summed E-state index contributed by atoms with van der Waals surface area (Å²) in [6, 6.07) is 12.9. The summed E-state index contributed by atoms with van der Waals surface area (Å²) in [5.41, 5.74) is 2.26. The Morgan fingerprint density at radius 1 is 1.09 bits per heavy atom. The Balaban J connectivity index is 2.04. The fraction of sp³-hybridized carbons (Fsp3) is 0. The topological polar surface area (TPSA) is 34.4 Å². The summed E-state index contributed by atoms with van der Waals surface area (Å²) in [5.74, 6) is 0. The summed E-state index contributed by atoms with van der Waals surface area (Å²) in [6.45, 7) is 0. The number of rotatable bonds is 1. The Hall–Kier alpha value is -1.88. The maximum atomic E-state index is 12.6. The van der Waals surface area contributed by atoms with Gasteiger partial charge >= 0.3 is 0 Å². The summed E-state index contributed by atoms with van der Waals surface area (Å²) in [5, 5.41) is 0.911. The average Bonchev–Trinajstić information content (AvgIpc) is 3.01. The smallest absolute Gasteiger partial charge is 0.267 e. The van der Waals surface area contributed by atoms with Crippen LogP contribution in [0.5, 0.6) is 0 Å². The van der Waals surface area contributed by atoms with Crippen molar-refractivity contribution < 1.29 is 0 Å². The van der Waals surface area contributed by atoms with Crippen LogP contribution in [0.3, 0.4) is 0 Å². The molecule has 22 heavy (non-hydrogen) atoms. The molecular formula is C16H8Cl2N2OS. The number of thiazole rings is 1. The van der Waals surface area contributed by atoms with Crippen LogP contribution in [-0.4, -0.2) is 9.38 Å². The molecule has 0 aliphatic carbocycles. The van der Waals surface area contributed by atoms with Gasteiger partial charge in [0.05, 0.1) is 25.6 Å². The molecule has 0 saturated heterocycles. The van der Waals surface area contributed by atoms with E-state index in [0.717, 1.165) is 16.6 Å². The van der Waals surface area contributed by atoms with Crippen molar-refractivity contribution >= 4 is 56.6 Å². The van der Waals surface area contributed by atoms with Crippen LogP contribution in [-0.2, 0) is 0 Å². The summed E-state index contributed by atoms with van der Waals surface area (Å²) < 4.78 is 2.21. The molecule has 0 radical (unpaired) electrons. The second-order valence-electron chi connectivity index (χ2n) is 4.78. The van der Waals surface area contributed by atoms with Crippen LogP contribution in [0.2, 0.25) is 10.0 Å². The molecule has 0 fully saturated rings. The third-order valence-corrected chi connectivity index (χ3v) is 5.22. The van der Waals surface area contributed by atoms with Gasteiger partial charge in [0.2, 0.25) is 0 Å². The number of nitrogens with zero attached hydrogens (tertiary/aromatic N) is 2. The highest BCUT2D eigenvalue weighted by atomic mass is 35.5. The highest BCUT2D eigenvalue weighted by Crippen LogP contribution is 2.26. The van der Waals surface area contributed by atoms with Crippen molar-refractivity contribution in [3.63, 3.8) is 0 Å². The van der Waals surface area contributed by atoms with Crippen LogP contribution < -0.4 is 10.1 Å². The molecule has 0 saturated carbocycles. The van der Waals surface area contributed by atoms with Crippen LogP contribution in [0.15, 0.2) is 47.3 Å². The normalized spacial score (nSPS) is 12.5. The predicted molar refractivity (Wildman–Crippen MR) is 92.1 cm³/mol. The van der Waals surface area contributed by atoms with E-state index in [2.05, 4.69) is 4.98 Å². The number of benzene rings is 2. The van der Waals surface area contributed by atoms with E-state index < -0.39 is 0 Å². The highest BCUT2D eigenvalue weighted by Gasteiger charge is 2.11. The van der Waals surface area contributed by atoms with E-state index >= 15 is 0 Å². The van der Waals surface area contributed by atoms with Gasteiger partial charge in [0, 0.05) is 0 Å². The first-order valence-corrected chi connectivity index (χ1v) is 8.08. The molecule has 0 spiro atoms. The minimum Gasteiger partial charge on any atom is -0.267 e. The molecule has 0 aliphatic rings. The number of hydrogen-bond acceptors (Lipinski definition) is 3. The Kier molecular flexibility index (Phi) is 3.18. The Morgan fingerprint density at radius 2 is 1.91 bits per heavy atom. The third-order valence-electron chi connectivity index (χ3n) is 3.41. The maximum absolute atomic E-state index is 12.6. The number of imidazole rings is 1. The Bertz CT molecular complexity index is 1130. The van der Waals surface area contributed by atoms with Gasteiger partial charge in [-0.1, -0.05) is 58.8 Å². The average molecular weight is 347 g/mol. The van der Waals surface area contributed by atoms with E-state index in [1.807, 2.05) is 30.3 Å². The first-order valence-electron chi connectivity index (χ1n) is 6.51. The van der Waals surface area contributed by atoms with Gasteiger partial charge in [-0.15, -0.1) is 0 Å².